The first-order chi connectivity index (χ1) is 9.81. The van der Waals surface area contributed by atoms with Crippen molar-refractivity contribution in [2.45, 2.75) is 18.2 Å². The Morgan fingerprint density at radius 2 is 2.00 bits per heavy atom. The number of hydrogen-bond acceptors (Lipinski definition) is 4. The van der Waals surface area contributed by atoms with Crippen molar-refractivity contribution >= 4 is 17.7 Å². The minimum Gasteiger partial charge on any atom is -0.486 e. The predicted molar refractivity (Wildman–Crippen MR) is 77.1 cm³/mol. The number of benzene rings is 1. The van der Waals surface area contributed by atoms with E-state index in [1.165, 1.54) is 12.8 Å². The lowest BCUT2D eigenvalue weighted by molar-refractivity contribution is -0.128. The molecule has 3 aliphatic rings. The zero-order valence-electron chi connectivity index (χ0n) is 11.2. The van der Waals surface area contributed by atoms with Crippen molar-refractivity contribution in [3.8, 4) is 11.5 Å². The second kappa shape index (κ2) is 4.88. The summed E-state index contributed by atoms with van der Waals surface area (Å²) in [4.78, 5) is 14.1. The highest BCUT2D eigenvalue weighted by atomic mass is 32.2. The third kappa shape index (κ3) is 2.24. The molecule has 0 aromatic heterocycles. The molecule has 1 aromatic rings. The predicted octanol–water partition coefficient (Wildman–Crippen LogP) is 2.44. The van der Waals surface area contributed by atoms with E-state index in [4.69, 9.17) is 9.47 Å². The van der Waals surface area contributed by atoms with Crippen LogP contribution in [0.15, 0.2) is 18.2 Å². The molecule has 2 fully saturated rings. The van der Waals surface area contributed by atoms with Crippen molar-refractivity contribution in [2.24, 2.45) is 5.92 Å². The van der Waals surface area contributed by atoms with Crippen molar-refractivity contribution in [2.75, 3.05) is 25.5 Å². The molecule has 106 valence electrons. The molecule has 1 aliphatic carbocycles. The van der Waals surface area contributed by atoms with Crippen LogP contribution < -0.4 is 9.47 Å². The summed E-state index contributed by atoms with van der Waals surface area (Å²) in [5, 5.41) is 0.138. The molecule has 20 heavy (non-hydrogen) atoms. The van der Waals surface area contributed by atoms with Gasteiger partial charge in [0.1, 0.15) is 18.6 Å². The Kier molecular flexibility index (Phi) is 3.02. The lowest BCUT2D eigenvalue weighted by Gasteiger charge is -2.26. The van der Waals surface area contributed by atoms with Crippen LogP contribution in [0.25, 0.3) is 0 Å². The molecular formula is C15H17NO3S. The highest BCUT2D eigenvalue weighted by Gasteiger charge is 2.37. The minimum atomic E-state index is 0.138. The molecule has 2 heterocycles. The highest BCUT2D eigenvalue weighted by Crippen LogP contribution is 2.44. The second-order valence-electron chi connectivity index (χ2n) is 5.56. The molecule has 1 atom stereocenters. The van der Waals surface area contributed by atoms with E-state index in [2.05, 4.69) is 6.07 Å². The van der Waals surface area contributed by atoms with Crippen LogP contribution in [0.2, 0.25) is 0 Å². The second-order valence-corrected chi connectivity index (χ2v) is 6.62. The fourth-order valence-electron chi connectivity index (χ4n) is 2.72. The van der Waals surface area contributed by atoms with Gasteiger partial charge in [-0.15, -0.1) is 11.8 Å². The summed E-state index contributed by atoms with van der Waals surface area (Å²) >= 11 is 1.71. The molecule has 1 aromatic carbocycles. The van der Waals surface area contributed by atoms with Crippen LogP contribution in [-0.2, 0) is 4.79 Å². The molecule has 0 spiro atoms. The van der Waals surface area contributed by atoms with Crippen LogP contribution in [-0.4, -0.2) is 36.3 Å². The van der Waals surface area contributed by atoms with Crippen LogP contribution in [0.3, 0.4) is 0 Å². The van der Waals surface area contributed by atoms with Crippen LogP contribution in [0, 0.1) is 5.92 Å². The third-order valence-corrected chi connectivity index (χ3v) is 5.23. The number of nitrogens with zero attached hydrogens (tertiary/aromatic N) is 1. The number of ether oxygens (including phenoxy) is 2. The zero-order chi connectivity index (χ0) is 13.5. The van der Waals surface area contributed by atoms with Gasteiger partial charge in [0.15, 0.2) is 11.5 Å². The number of thioether (sulfide) groups is 1. The fourth-order valence-corrected chi connectivity index (χ4v) is 3.91. The molecule has 0 N–H and O–H groups in total. The van der Waals surface area contributed by atoms with Crippen molar-refractivity contribution in [3.05, 3.63) is 23.8 Å². The lowest BCUT2D eigenvalue weighted by atomic mass is 10.1. The maximum atomic E-state index is 12.1. The van der Waals surface area contributed by atoms with E-state index in [1.54, 1.807) is 11.8 Å². The van der Waals surface area contributed by atoms with Gasteiger partial charge < -0.3 is 14.4 Å². The Hall–Kier alpha value is -1.36. The van der Waals surface area contributed by atoms with Crippen molar-refractivity contribution in [3.63, 3.8) is 0 Å². The molecule has 0 radical (unpaired) electrons. The molecule has 2 aliphatic heterocycles. The smallest absolute Gasteiger partial charge is 0.233 e. The average Bonchev–Trinajstić information content (AvgIpc) is 3.23. The normalized spacial score (nSPS) is 25.1. The van der Waals surface area contributed by atoms with Gasteiger partial charge in [-0.25, -0.2) is 0 Å². The van der Waals surface area contributed by atoms with Gasteiger partial charge >= 0.3 is 0 Å². The van der Waals surface area contributed by atoms with Crippen LogP contribution in [0.4, 0.5) is 0 Å². The zero-order valence-corrected chi connectivity index (χ0v) is 12.0. The topological polar surface area (TPSA) is 38.8 Å². The summed E-state index contributed by atoms with van der Waals surface area (Å²) in [6.45, 7) is 2.11. The number of fused-ring (bicyclic) bond motifs is 1. The minimum absolute atomic E-state index is 0.138. The number of rotatable bonds is 3. The molecule has 4 rings (SSSR count). The van der Waals surface area contributed by atoms with Crippen LogP contribution in [0.5, 0.6) is 11.5 Å². The van der Waals surface area contributed by atoms with E-state index < -0.39 is 0 Å². The standard InChI is InChI=1S/C15H17NO3S/c17-14-9-20-15(16(14)8-10-1-2-10)11-3-4-12-13(7-11)19-6-5-18-12/h3-4,7,10,15H,1-2,5-6,8-9H2. The number of carbonyl (C=O) groups is 1. The summed E-state index contributed by atoms with van der Waals surface area (Å²) in [5.74, 6) is 3.19. The first kappa shape index (κ1) is 12.4. The van der Waals surface area contributed by atoms with E-state index in [0.717, 1.165) is 29.5 Å². The molecule has 1 unspecified atom stereocenters. The molecule has 1 amide bonds. The highest BCUT2D eigenvalue weighted by molar-refractivity contribution is 8.00. The molecule has 5 heteroatoms. The summed E-state index contributed by atoms with van der Waals surface area (Å²) in [6.07, 6.45) is 2.53. The van der Waals surface area contributed by atoms with Gasteiger partial charge in [-0.05, 0) is 36.5 Å². The molecule has 4 nitrogen and oxygen atoms in total. The van der Waals surface area contributed by atoms with Gasteiger partial charge in [0.05, 0.1) is 5.75 Å². The molecular weight excluding hydrogens is 274 g/mol. The van der Waals surface area contributed by atoms with E-state index in [0.29, 0.717) is 19.0 Å². The van der Waals surface area contributed by atoms with Gasteiger partial charge in [0.25, 0.3) is 0 Å². The molecule has 1 saturated carbocycles. The van der Waals surface area contributed by atoms with Gasteiger partial charge in [-0.2, -0.15) is 0 Å². The molecule has 1 saturated heterocycles. The summed E-state index contributed by atoms with van der Waals surface area (Å²) in [6, 6.07) is 6.05. The van der Waals surface area contributed by atoms with Crippen LogP contribution in [0.1, 0.15) is 23.8 Å². The average molecular weight is 291 g/mol. The largest absolute Gasteiger partial charge is 0.486 e. The Morgan fingerprint density at radius 3 is 2.80 bits per heavy atom. The van der Waals surface area contributed by atoms with E-state index in [-0.39, 0.29) is 11.3 Å². The van der Waals surface area contributed by atoms with Gasteiger partial charge in [0, 0.05) is 6.54 Å². The van der Waals surface area contributed by atoms with Gasteiger partial charge in [0.2, 0.25) is 5.91 Å². The quantitative estimate of drug-likeness (QED) is 0.857. The Balaban J connectivity index is 1.60. The molecule has 0 bridgehead atoms. The summed E-state index contributed by atoms with van der Waals surface area (Å²) in [5.41, 5.74) is 1.14. The summed E-state index contributed by atoms with van der Waals surface area (Å²) < 4.78 is 11.2. The Labute approximate surface area is 122 Å². The fraction of sp³-hybridized carbons (Fsp3) is 0.533. The maximum Gasteiger partial charge on any atom is 0.233 e. The van der Waals surface area contributed by atoms with Crippen molar-refractivity contribution in [1.29, 1.82) is 0 Å². The van der Waals surface area contributed by atoms with Crippen LogP contribution >= 0.6 is 11.8 Å². The number of amides is 1. The third-order valence-electron chi connectivity index (χ3n) is 3.97. The van der Waals surface area contributed by atoms with Gasteiger partial charge in [-0.1, -0.05) is 6.07 Å². The van der Waals surface area contributed by atoms with Crippen molar-refractivity contribution in [1.82, 2.24) is 4.90 Å². The monoisotopic (exact) mass is 291 g/mol. The Bertz CT molecular complexity index is 544. The first-order valence-electron chi connectivity index (χ1n) is 7.12. The Morgan fingerprint density at radius 1 is 1.20 bits per heavy atom. The van der Waals surface area contributed by atoms with Gasteiger partial charge in [-0.3, -0.25) is 4.79 Å². The van der Waals surface area contributed by atoms with E-state index in [1.807, 2.05) is 17.0 Å². The van der Waals surface area contributed by atoms with E-state index >= 15 is 0 Å². The van der Waals surface area contributed by atoms with Crippen molar-refractivity contribution < 1.29 is 14.3 Å². The summed E-state index contributed by atoms with van der Waals surface area (Å²) in [7, 11) is 0. The number of hydrogen-bond donors (Lipinski definition) is 0. The lowest BCUT2D eigenvalue weighted by Crippen LogP contribution is -2.30. The maximum absolute atomic E-state index is 12.1. The van der Waals surface area contributed by atoms with E-state index in [9.17, 15) is 4.79 Å². The number of carbonyl (C=O) groups excluding carboxylic acids is 1. The first-order valence-corrected chi connectivity index (χ1v) is 8.17. The SMILES string of the molecule is O=C1CSC(c2ccc3c(c2)OCCO3)N1CC1CC1.